The van der Waals surface area contributed by atoms with Crippen LogP contribution < -0.4 is 10.2 Å². The van der Waals surface area contributed by atoms with E-state index in [1.54, 1.807) is 27.7 Å². The first-order valence-corrected chi connectivity index (χ1v) is 6.62. The quantitative estimate of drug-likeness (QED) is 0.487. The van der Waals surface area contributed by atoms with Crippen LogP contribution in [-0.4, -0.2) is 36.1 Å². The Kier molecular flexibility index (Phi) is 4.16. The molecule has 1 fully saturated rings. The van der Waals surface area contributed by atoms with Gasteiger partial charge in [0.2, 0.25) is 5.95 Å². The number of ether oxygens (including phenoxy) is 1. The molecule has 2 rings (SSSR count). The van der Waals surface area contributed by atoms with Crippen LogP contribution in [0, 0.1) is 5.95 Å². The summed E-state index contributed by atoms with van der Waals surface area (Å²) in [5.74, 6) is -1.29. The second-order valence-electron chi connectivity index (χ2n) is 6.01. The van der Waals surface area contributed by atoms with Crippen molar-refractivity contribution in [1.29, 1.82) is 0 Å². The Morgan fingerprint density at radius 3 is 2.23 bits per heavy atom. The summed E-state index contributed by atoms with van der Waals surface area (Å²) in [4.78, 5) is 3.44. The standard InChI is InChI=1S/C13H16BF4NO3/c1-11(2)12(3,4)22-14(21-11)9-8(5-6-19-10(9)15)20-7-13(16,17)18/h5-6H,7H2,1-4H3. The Morgan fingerprint density at radius 2 is 1.73 bits per heavy atom. The summed E-state index contributed by atoms with van der Waals surface area (Å²) in [7, 11) is -1.19. The Balaban J connectivity index is 2.32. The molecule has 0 N–H and O–H groups in total. The molecule has 0 radical (unpaired) electrons. The van der Waals surface area contributed by atoms with Crippen molar-refractivity contribution in [1.82, 2.24) is 4.98 Å². The van der Waals surface area contributed by atoms with Crippen molar-refractivity contribution in [2.45, 2.75) is 45.1 Å². The highest BCUT2D eigenvalue weighted by atomic mass is 19.4. The fourth-order valence-electron chi connectivity index (χ4n) is 1.89. The Morgan fingerprint density at radius 1 is 1.18 bits per heavy atom. The van der Waals surface area contributed by atoms with E-state index >= 15 is 0 Å². The van der Waals surface area contributed by atoms with Gasteiger partial charge in [-0.15, -0.1) is 0 Å². The molecule has 0 aromatic carbocycles. The van der Waals surface area contributed by atoms with Crippen molar-refractivity contribution >= 4 is 12.6 Å². The summed E-state index contributed by atoms with van der Waals surface area (Å²) in [6.07, 6.45) is -3.51. The van der Waals surface area contributed by atoms with Crippen LogP contribution in [0.2, 0.25) is 0 Å². The minimum Gasteiger partial charge on any atom is -0.484 e. The number of alkyl halides is 3. The van der Waals surface area contributed by atoms with Crippen LogP contribution in [0.3, 0.4) is 0 Å². The smallest absolute Gasteiger partial charge is 0.484 e. The van der Waals surface area contributed by atoms with Crippen molar-refractivity contribution in [2.75, 3.05) is 6.61 Å². The van der Waals surface area contributed by atoms with Gasteiger partial charge in [-0.25, -0.2) is 4.98 Å². The van der Waals surface area contributed by atoms with Gasteiger partial charge in [0.25, 0.3) is 0 Å². The van der Waals surface area contributed by atoms with E-state index in [-0.39, 0.29) is 11.2 Å². The van der Waals surface area contributed by atoms with Crippen molar-refractivity contribution in [3.63, 3.8) is 0 Å². The minimum atomic E-state index is -4.53. The van der Waals surface area contributed by atoms with E-state index in [2.05, 4.69) is 9.72 Å². The minimum absolute atomic E-state index is 0.273. The van der Waals surface area contributed by atoms with Gasteiger partial charge in [-0.3, -0.25) is 0 Å². The van der Waals surface area contributed by atoms with E-state index in [0.717, 1.165) is 12.3 Å². The summed E-state index contributed by atoms with van der Waals surface area (Å²) in [6, 6.07) is 1.15. The second kappa shape index (κ2) is 5.38. The highest BCUT2D eigenvalue weighted by molar-refractivity contribution is 6.63. The second-order valence-corrected chi connectivity index (χ2v) is 6.01. The normalized spacial score (nSPS) is 20.3. The Bertz CT molecular complexity index is 547. The first-order valence-electron chi connectivity index (χ1n) is 6.62. The number of pyridine rings is 1. The molecule has 0 saturated carbocycles. The topological polar surface area (TPSA) is 40.6 Å². The van der Waals surface area contributed by atoms with E-state index in [1.807, 2.05) is 0 Å². The monoisotopic (exact) mass is 321 g/mol. The molecule has 0 spiro atoms. The summed E-state index contributed by atoms with van der Waals surface area (Å²) in [5.41, 5.74) is -1.80. The van der Waals surface area contributed by atoms with Crippen LogP contribution in [0.25, 0.3) is 0 Å². The molecule has 1 aliphatic rings. The fourth-order valence-corrected chi connectivity index (χ4v) is 1.89. The van der Waals surface area contributed by atoms with Crippen LogP contribution in [0.15, 0.2) is 12.3 Å². The lowest BCUT2D eigenvalue weighted by molar-refractivity contribution is -0.153. The van der Waals surface area contributed by atoms with Crippen molar-refractivity contribution in [2.24, 2.45) is 0 Å². The van der Waals surface area contributed by atoms with Crippen LogP contribution in [0.1, 0.15) is 27.7 Å². The van der Waals surface area contributed by atoms with Gasteiger partial charge < -0.3 is 14.0 Å². The first-order chi connectivity index (χ1) is 9.93. The van der Waals surface area contributed by atoms with Crippen LogP contribution in [-0.2, 0) is 9.31 Å². The number of nitrogens with zero attached hydrogens (tertiary/aromatic N) is 1. The molecule has 1 aliphatic heterocycles. The lowest BCUT2D eigenvalue weighted by atomic mass is 9.79. The molecule has 1 aromatic heterocycles. The molecule has 4 nitrogen and oxygen atoms in total. The number of halogens is 4. The molecule has 0 atom stereocenters. The highest BCUT2D eigenvalue weighted by Gasteiger charge is 2.53. The highest BCUT2D eigenvalue weighted by Crippen LogP contribution is 2.37. The maximum absolute atomic E-state index is 14.0. The molecule has 9 heteroatoms. The summed E-state index contributed by atoms with van der Waals surface area (Å²) in [5, 5.41) is 0. The molecular weight excluding hydrogens is 305 g/mol. The van der Waals surface area contributed by atoms with Gasteiger partial charge in [0.15, 0.2) is 6.61 Å². The van der Waals surface area contributed by atoms with Gasteiger partial charge in [0, 0.05) is 6.20 Å². The van der Waals surface area contributed by atoms with Gasteiger partial charge >= 0.3 is 13.3 Å². The van der Waals surface area contributed by atoms with Crippen LogP contribution in [0.5, 0.6) is 5.75 Å². The summed E-state index contributed by atoms with van der Waals surface area (Å²) >= 11 is 0. The van der Waals surface area contributed by atoms with Gasteiger partial charge in [0.05, 0.1) is 16.7 Å². The molecule has 0 bridgehead atoms. The third-order valence-corrected chi connectivity index (χ3v) is 3.78. The number of rotatable bonds is 3. The first kappa shape index (κ1) is 17.0. The third kappa shape index (κ3) is 3.35. The molecule has 122 valence electrons. The maximum atomic E-state index is 14.0. The van der Waals surface area contributed by atoms with Gasteiger partial charge in [-0.1, -0.05) is 0 Å². The molecule has 0 unspecified atom stereocenters. The van der Waals surface area contributed by atoms with E-state index in [4.69, 9.17) is 9.31 Å². The van der Waals surface area contributed by atoms with Gasteiger partial charge in [-0.2, -0.15) is 17.6 Å². The molecule has 0 amide bonds. The molecule has 0 aliphatic carbocycles. The third-order valence-electron chi connectivity index (χ3n) is 3.78. The fraction of sp³-hybridized carbons (Fsp3) is 0.615. The van der Waals surface area contributed by atoms with Crippen molar-refractivity contribution in [3.8, 4) is 5.75 Å². The largest absolute Gasteiger partial charge is 0.503 e. The average Bonchev–Trinajstić information content (AvgIpc) is 2.54. The maximum Gasteiger partial charge on any atom is 0.503 e. The van der Waals surface area contributed by atoms with Gasteiger partial charge in [0.1, 0.15) is 5.75 Å². The van der Waals surface area contributed by atoms with E-state index in [1.165, 1.54) is 0 Å². The predicted octanol–water partition coefficient (Wildman–Crippen LogP) is 2.46. The lowest BCUT2D eigenvalue weighted by Gasteiger charge is -2.32. The number of hydrogen-bond donors (Lipinski definition) is 0. The van der Waals surface area contributed by atoms with Crippen molar-refractivity contribution in [3.05, 3.63) is 18.2 Å². The molecule has 1 aromatic rings. The predicted molar refractivity (Wildman–Crippen MR) is 71.5 cm³/mol. The van der Waals surface area contributed by atoms with Crippen LogP contribution >= 0.6 is 0 Å². The van der Waals surface area contributed by atoms with E-state index in [0.29, 0.717) is 0 Å². The Hall–Kier alpha value is -1.35. The molecule has 2 heterocycles. The molecule has 1 saturated heterocycles. The van der Waals surface area contributed by atoms with Crippen LogP contribution in [0.4, 0.5) is 17.6 Å². The lowest BCUT2D eigenvalue weighted by Crippen LogP contribution is -2.41. The number of hydrogen-bond acceptors (Lipinski definition) is 4. The number of aromatic nitrogens is 1. The summed E-state index contributed by atoms with van der Waals surface area (Å²) < 4.78 is 66.8. The van der Waals surface area contributed by atoms with Gasteiger partial charge in [-0.05, 0) is 33.8 Å². The van der Waals surface area contributed by atoms with E-state index in [9.17, 15) is 17.6 Å². The van der Waals surface area contributed by atoms with E-state index < -0.39 is 37.1 Å². The Labute approximate surface area is 125 Å². The van der Waals surface area contributed by atoms with Crippen molar-refractivity contribution < 1.29 is 31.6 Å². The zero-order chi connectivity index (χ0) is 16.8. The molecular formula is C13H16BF4NO3. The SMILES string of the molecule is CC1(C)OB(c2c(OCC(F)(F)F)ccnc2F)OC1(C)C. The summed E-state index contributed by atoms with van der Waals surface area (Å²) in [6.45, 7) is 5.45. The zero-order valence-corrected chi connectivity index (χ0v) is 12.6. The molecule has 22 heavy (non-hydrogen) atoms. The average molecular weight is 321 g/mol. The zero-order valence-electron chi connectivity index (χ0n) is 12.6.